The van der Waals surface area contributed by atoms with Crippen molar-refractivity contribution in [1.29, 1.82) is 0 Å². The highest BCUT2D eigenvalue weighted by Gasteiger charge is 2.21. The largest absolute Gasteiger partial charge is 0.383 e. The van der Waals surface area contributed by atoms with Crippen LogP contribution in [0.15, 0.2) is 27.8 Å². The van der Waals surface area contributed by atoms with E-state index >= 15 is 0 Å². The Bertz CT molecular complexity index is 1120. The maximum absolute atomic E-state index is 12.6. The van der Waals surface area contributed by atoms with Crippen molar-refractivity contribution in [2.45, 2.75) is 53.5 Å². The van der Waals surface area contributed by atoms with Crippen LogP contribution in [-0.4, -0.2) is 33.5 Å². The van der Waals surface area contributed by atoms with E-state index in [0.717, 1.165) is 12.8 Å². The van der Waals surface area contributed by atoms with Crippen molar-refractivity contribution < 1.29 is 9.72 Å². The van der Waals surface area contributed by atoms with Crippen LogP contribution in [-0.2, 0) is 11.3 Å². The molecule has 1 amide bonds. The minimum atomic E-state index is -0.586. The van der Waals surface area contributed by atoms with Gasteiger partial charge in [-0.3, -0.25) is 29.3 Å². The number of aromatic nitrogens is 2. The highest BCUT2D eigenvalue weighted by molar-refractivity contribution is 5.92. The summed E-state index contributed by atoms with van der Waals surface area (Å²) in [5, 5.41) is 13.7. The van der Waals surface area contributed by atoms with E-state index in [1.165, 1.54) is 22.8 Å². The van der Waals surface area contributed by atoms with Crippen LogP contribution in [0, 0.1) is 23.0 Å². The number of non-ortho nitro benzene ring substituents is 1. The number of benzene rings is 1. The predicted octanol–water partition coefficient (Wildman–Crippen LogP) is 2.63. The number of aryl methyl sites for hydroxylation is 1. The number of unbranched alkanes of at least 4 members (excludes halogenated alkanes) is 1. The lowest BCUT2D eigenvalue weighted by atomic mass is 10.1. The normalized spacial score (nSPS) is 10.9. The van der Waals surface area contributed by atoms with Crippen molar-refractivity contribution >= 4 is 28.8 Å². The lowest BCUT2D eigenvalue weighted by Crippen LogP contribution is -2.40. The third-order valence-corrected chi connectivity index (χ3v) is 5.15. The summed E-state index contributed by atoms with van der Waals surface area (Å²) in [6.45, 7) is 8.67. The van der Waals surface area contributed by atoms with Gasteiger partial charge in [0, 0.05) is 43.9 Å². The van der Waals surface area contributed by atoms with Gasteiger partial charge in [0.15, 0.2) is 0 Å². The summed E-state index contributed by atoms with van der Waals surface area (Å²) < 4.78 is 1.36. The van der Waals surface area contributed by atoms with Crippen LogP contribution in [0.2, 0.25) is 0 Å². The van der Waals surface area contributed by atoms with Gasteiger partial charge in [-0.1, -0.05) is 27.2 Å². The summed E-state index contributed by atoms with van der Waals surface area (Å²) in [5.41, 5.74) is 6.27. The third kappa shape index (κ3) is 6.67. The molecule has 0 aliphatic carbocycles. The van der Waals surface area contributed by atoms with E-state index in [-0.39, 0.29) is 42.0 Å². The molecule has 2 rings (SSSR count). The summed E-state index contributed by atoms with van der Waals surface area (Å²) in [6.07, 6.45) is 1.64. The molecule has 0 aliphatic heterocycles. The first-order chi connectivity index (χ1) is 15.5. The van der Waals surface area contributed by atoms with Crippen LogP contribution in [0.4, 0.5) is 22.9 Å². The summed E-state index contributed by atoms with van der Waals surface area (Å²) in [7, 11) is 0. The zero-order chi connectivity index (χ0) is 24.7. The van der Waals surface area contributed by atoms with Crippen LogP contribution in [0.25, 0.3) is 0 Å². The topological polar surface area (TPSA) is 156 Å². The molecule has 0 bridgehead atoms. The molecule has 4 N–H and O–H groups in total. The molecule has 0 unspecified atom stereocenters. The molecule has 0 fully saturated rings. The smallest absolute Gasteiger partial charge is 0.330 e. The Morgan fingerprint density at radius 3 is 2.61 bits per heavy atom. The van der Waals surface area contributed by atoms with E-state index in [1.54, 1.807) is 11.8 Å². The Hall–Kier alpha value is -3.63. The highest BCUT2D eigenvalue weighted by atomic mass is 16.6. The third-order valence-electron chi connectivity index (χ3n) is 5.15. The van der Waals surface area contributed by atoms with Crippen LogP contribution in [0.3, 0.4) is 0 Å². The molecule has 2 aromatic rings. The summed E-state index contributed by atoms with van der Waals surface area (Å²) >= 11 is 0. The van der Waals surface area contributed by atoms with E-state index in [1.807, 2.05) is 20.8 Å². The van der Waals surface area contributed by atoms with Gasteiger partial charge in [0.2, 0.25) is 5.91 Å². The van der Waals surface area contributed by atoms with Crippen molar-refractivity contribution in [3.05, 3.63) is 54.7 Å². The number of nitrogens with two attached hydrogens (primary N) is 1. The monoisotopic (exact) mass is 460 g/mol. The summed E-state index contributed by atoms with van der Waals surface area (Å²) in [5.74, 6) is -0.0562. The molecular weight excluding hydrogens is 428 g/mol. The number of amides is 1. The van der Waals surface area contributed by atoms with Gasteiger partial charge in [-0.15, -0.1) is 0 Å². The highest BCUT2D eigenvalue weighted by Crippen LogP contribution is 2.22. The van der Waals surface area contributed by atoms with Gasteiger partial charge in [-0.2, -0.15) is 0 Å². The van der Waals surface area contributed by atoms with Gasteiger partial charge >= 0.3 is 5.69 Å². The molecule has 0 atom stereocenters. The molecular formula is C22H32N6O5. The van der Waals surface area contributed by atoms with E-state index in [0.29, 0.717) is 24.3 Å². The number of H-pyrrole nitrogens is 1. The molecule has 33 heavy (non-hydrogen) atoms. The van der Waals surface area contributed by atoms with E-state index in [4.69, 9.17) is 5.73 Å². The second-order valence-electron chi connectivity index (χ2n) is 8.39. The average molecular weight is 461 g/mol. The number of nitrogens with one attached hydrogen (secondary N) is 2. The maximum Gasteiger partial charge on any atom is 0.330 e. The van der Waals surface area contributed by atoms with Crippen LogP contribution in [0.5, 0.6) is 0 Å². The van der Waals surface area contributed by atoms with Crippen molar-refractivity contribution in [1.82, 2.24) is 9.55 Å². The number of nitro groups is 1. The van der Waals surface area contributed by atoms with Crippen molar-refractivity contribution in [3.63, 3.8) is 0 Å². The molecule has 0 saturated heterocycles. The Morgan fingerprint density at radius 1 is 1.33 bits per heavy atom. The minimum absolute atomic E-state index is 0.0517. The first-order valence-corrected chi connectivity index (χ1v) is 11.0. The number of nitrogen functional groups attached to an aromatic ring is 1. The van der Waals surface area contributed by atoms with Gasteiger partial charge in [-0.25, -0.2) is 4.79 Å². The van der Waals surface area contributed by atoms with Gasteiger partial charge in [-0.05, 0) is 30.9 Å². The molecule has 11 nitrogen and oxygen atoms in total. The minimum Gasteiger partial charge on any atom is -0.383 e. The molecule has 11 heteroatoms. The number of anilines is 3. The lowest BCUT2D eigenvalue weighted by molar-refractivity contribution is -0.384. The molecule has 1 aromatic heterocycles. The standard InChI is InChI=1S/C22H32N6O5/c1-5-6-10-27-20(23)19(21(30)25-22(27)31)26(13-14(2)3)11-9-18(29)24-17-8-7-16(28(32)33)12-15(17)4/h7-8,12,14H,5-6,9-11,13,23H2,1-4H3,(H,24,29)(H,25,30,31). The average Bonchev–Trinajstić information content (AvgIpc) is 2.72. The number of nitrogens with zero attached hydrogens (tertiary/aromatic N) is 3. The van der Waals surface area contributed by atoms with Crippen LogP contribution >= 0.6 is 0 Å². The molecule has 1 heterocycles. The second-order valence-corrected chi connectivity index (χ2v) is 8.39. The van der Waals surface area contributed by atoms with Crippen molar-refractivity contribution in [3.8, 4) is 0 Å². The Kier molecular flexibility index (Phi) is 8.78. The number of aromatic amines is 1. The summed E-state index contributed by atoms with van der Waals surface area (Å²) in [6, 6.07) is 4.21. The summed E-state index contributed by atoms with van der Waals surface area (Å²) in [4.78, 5) is 51.9. The lowest BCUT2D eigenvalue weighted by Gasteiger charge is -2.27. The van der Waals surface area contributed by atoms with E-state index < -0.39 is 16.2 Å². The number of rotatable bonds is 11. The van der Waals surface area contributed by atoms with Gasteiger partial charge in [0.1, 0.15) is 11.5 Å². The Balaban J connectivity index is 2.24. The van der Waals surface area contributed by atoms with Gasteiger partial charge in [0.25, 0.3) is 11.2 Å². The first-order valence-electron chi connectivity index (χ1n) is 11.0. The molecule has 0 spiro atoms. The Labute approximate surface area is 191 Å². The zero-order valence-electron chi connectivity index (χ0n) is 19.5. The zero-order valence-corrected chi connectivity index (χ0v) is 19.5. The van der Waals surface area contributed by atoms with E-state index in [9.17, 15) is 24.5 Å². The number of carbonyl (C=O) groups excluding carboxylic acids is 1. The number of hydrogen-bond donors (Lipinski definition) is 3. The van der Waals surface area contributed by atoms with E-state index in [2.05, 4.69) is 10.3 Å². The van der Waals surface area contributed by atoms with Crippen LogP contribution in [0.1, 0.15) is 45.6 Å². The van der Waals surface area contributed by atoms with Gasteiger partial charge in [0.05, 0.1) is 4.92 Å². The predicted molar refractivity (Wildman–Crippen MR) is 129 cm³/mol. The molecule has 1 aromatic carbocycles. The maximum atomic E-state index is 12.6. The van der Waals surface area contributed by atoms with Crippen molar-refractivity contribution in [2.75, 3.05) is 29.0 Å². The van der Waals surface area contributed by atoms with Crippen molar-refractivity contribution in [2.24, 2.45) is 5.92 Å². The fraction of sp³-hybridized carbons (Fsp3) is 0.500. The quantitative estimate of drug-likeness (QED) is 0.344. The van der Waals surface area contributed by atoms with Crippen LogP contribution < -0.4 is 27.2 Å². The fourth-order valence-corrected chi connectivity index (χ4v) is 3.51. The first kappa shape index (κ1) is 25.6. The molecule has 0 aliphatic rings. The second kappa shape index (κ2) is 11.3. The number of nitro benzene ring substituents is 1. The molecule has 180 valence electrons. The number of hydrogen-bond acceptors (Lipinski definition) is 7. The fourth-order valence-electron chi connectivity index (χ4n) is 3.51. The Morgan fingerprint density at radius 2 is 2.03 bits per heavy atom. The SMILES string of the molecule is CCCCn1c(N)c(N(CCC(=O)Nc2ccc([N+](=O)[O-])cc2C)CC(C)C)c(=O)[nH]c1=O. The molecule has 0 radical (unpaired) electrons. The number of carbonyl (C=O) groups is 1. The van der Waals surface area contributed by atoms with Gasteiger partial charge < -0.3 is 16.0 Å². The molecule has 0 saturated carbocycles.